The molecule has 0 aliphatic carbocycles. The van der Waals surface area contributed by atoms with Crippen LogP contribution in [0.25, 0.3) is 0 Å². The van der Waals surface area contributed by atoms with Gasteiger partial charge in [-0.2, -0.15) is 0 Å². The second-order valence-corrected chi connectivity index (χ2v) is 5.04. The van der Waals surface area contributed by atoms with E-state index in [1.165, 1.54) is 6.07 Å². The van der Waals surface area contributed by atoms with Crippen LogP contribution in [0.1, 0.15) is 20.3 Å². The van der Waals surface area contributed by atoms with Crippen molar-refractivity contribution >= 4 is 5.69 Å². The van der Waals surface area contributed by atoms with E-state index >= 15 is 0 Å². The molecule has 1 aliphatic heterocycles. The second-order valence-electron chi connectivity index (χ2n) is 5.04. The van der Waals surface area contributed by atoms with Crippen LogP contribution in [0.4, 0.5) is 10.1 Å². The molecule has 3 heteroatoms. The van der Waals surface area contributed by atoms with Gasteiger partial charge >= 0.3 is 0 Å². The molecule has 0 unspecified atom stereocenters. The Morgan fingerprint density at radius 3 is 2.81 bits per heavy atom. The number of para-hydroxylation sites is 1. The Morgan fingerprint density at radius 2 is 2.06 bits per heavy atom. The first-order chi connectivity index (χ1) is 7.58. The lowest BCUT2D eigenvalue weighted by molar-refractivity contribution is 0.415. The molecule has 1 heterocycles. The van der Waals surface area contributed by atoms with Crippen molar-refractivity contribution in [3.05, 3.63) is 30.1 Å². The van der Waals surface area contributed by atoms with Gasteiger partial charge in [0.15, 0.2) is 0 Å². The van der Waals surface area contributed by atoms with Crippen molar-refractivity contribution in [2.45, 2.75) is 25.8 Å². The van der Waals surface area contributed by atoms with Gasteiger partial charge in [-0.25, -0.2) is 4.39 Å². The van der Waals surface area contributed by atoms with E-state index in [2.05, 4.69) is 24.1 Å². The van der Waals surface area contributed by atoms with E-state index in [0.717, 1.165) is 31.7 Å². The standard InChI is InChI=1S/C13H19FN2/c1-13(2)10-16(9-5-8-15-13)12-7-4-3-6-11(12)14/h3-4,6-7,15H,5,8-10H2,1-2H3. The van der Waals surface area contributed by atoms with E-state index in [0.29, 0.717) is 0 Å². The van der Waals surface area contributed by atoms with Crippen LogP contribution < -0.4 is 10.2 Å². The fourth-order valence-electron chi connectivity index (χ4n) is 2.22. The highest BCUT2D eigenvalue weighted by atomic mass is 19.1. The van der Waals surface area contributed by atoms with Crippen LogP contribution in [0.5, 0.6) is 0 Å². The van der Waals surface area contributed by atoms with Crippen LogP contribution in [0.3, 0.4) is 0 Å². The molecule has 88 valence electrons. The molecule has 1 saturated heterocycles. The Kier molecular flexibility index (Phi) is 3.15. The van der Waals surface area contributed by atoms with Crippen molar-refractivity contribution in [3.63, 3.8) is 0 Å². The topological polar surface area (TPSA) is 15.3 Å². The predicted octanol–water partition coefficient (Wildman–Crippen LogP) is 2.40. The molecule has 0 aromatic heterocycles. The number of anilines is 1. The quantitative estimate of drug-likeness (QED) is 0.785. The van der Waals surface area contributed by atoms with Crippen molar-refractivity contribution in [2.75, 3.05) is 24.5 Å². The summed E-state index contributed by atoms with van der Waals surface area (Å²) in [6.45, 7) is 7.07. The molecule has 0 spiro atoms. The minimum absolute atomic E-state index is 0.0405. The van der Waals surface area contributed by atoms with E-state index in [1.54, 1.807) is 6.07 Å². The molecular formula is C13H19FN2. The average molecular weight is 222 g/mol. The van der Waals surface area contributed by atoms with Crippen molar-refractivity contribution in [2.24, 2.45) is 0 Å². The Morgan fingerprint density at radius 1 is 1.31 bits per heavy atom. The number of hydrogen-bond acceptors (Lipinski definition) is 2. The number of benzene rings is 1. The second kappa shape index (κ2) is 4.42. The summed E-state index contributed by atoms with van der Waals surface area (Å²) in [4.78, 5) is 2.13. The summed E-state index contributed by atoms with van der Waals surface area (Å²) in [6.07, 6.45) is 1.05. The highest BCUT2D eigenvalue weighted by molar-refractivity contribution is 5.48. The Hall–Kier alpha value is -1.09. The normalized spacial score (nSPS) is 20.6. The van der Waals surface area contributed by atoms with Gasteiger partial charge in [0.05, 0.1) is 5.69 Å². The Labute approximate surface area is 96.5 Å². The van der Waals surface area contributed by atoms with E-state index in [4.69, 9.17) is 0 Å². The third-order valence-corrected chi connectivity index (χ3v) is 2.99. The van der Waals surface area contributed by atoms with Crippen LogP contribution >= 0.6 is 0 Å². The molecule has 0 radical (unpaired) electrons. The first-order valence-electron chi connectivity index (χ1n) is 5.83. The average Bonchev–Trinajstić information content (AvgIpc) is 2.40. The molecular weight excluding hydrogens is 203 g/mol. The number of hydrogen-bond donors (Lipinski definition) is 1. The molecule has 0 atom stereocenters. The molecule has 0 amide bonds. The molecule has 0 saturated carbocycles. The van der Waals surface area contributed by atoms with Crippen LogP contribution in [0, 0.1) is 5.82 Å². The van der Waals surface area contributed by atoms with Gasteiger partial charge in [0.1, 0.15) is 5.82 Å². The maximum absolute atomic E-state index is 13.7. The summed E-state index contributed by atoms with van der Waals surface area (Å²) in [5.41, 5.74) is 0.762. The molecule has 1 N–H and O–H groups in total. The van der Waals surface area contributed by atoms with E-state index in [-0.39, 0.29) is 11.4 Å². The largest absolute Gasteiger partial charge is 0.367 e. The van der Waals surface area contributed by atoms with Crippen molar-refractivity contribution < 1.29 is 4.39 Å². The van der Waals surface area contributed by atoms with Crippen LogP contribution in [-0.4, -0.2) is 25.2 Å². The minimum Gasteiger partial charge on any atom is -0.367 e. The van der Waals surface area contributed by atoms with Gasteiger partial charge in [-0.15, -0.1) is 0 Å². The summed E-state index contributed by atoms with van der Waals surface area (Å²) in [7, 11) is 0. The third-order valence-electron chi connectivity index (χ3n) is 2.99. The number of halogens is 1. The van der Waals surface area contributed by atoms with E-state index in [1.807, 2.05) is 12.1 Å². The number of rotatable bonds is 1. The third kappa shape index (κ3) is 2.53. The lowest BCUT2D eigenvalue weighted by atomic mass is 10.1. The zero-order valence-electron chi connectivity index (χ0n) is 9.96. The van der Waals surface area contributed by atoms with E-state index in [9.17, 15) is 4.39 Å². The Bertz CT molecular complexity index is 363. The smallest absolute Gasteiger partial charge is 0.146 e. The first-order valence-corrected chi connectivity index (χ1v) is 5.83. The van der Waals surface area contributed by atoms with E-state index < -0.39 is 0 Å². The van der Waals surface area contributed by atoms with Gasteiger partial charge in [0.2, 0.25) is 0 Å². The van der Waals surface area contributed by atoms with Crippen LogP contribution in [0.2, 0.25) is 0 Å². The summed E-state index contributed by atoms with van der Waals surface area (Å²) >= 11 is 0. The summed E-state index contributed by atoms with van der Waals surface area (Å²) < 4.78 is 13.7. The molecule has 1 aliphatic rings. The van der Waals surface area contributed by atoms with Gasteiger partial charge in [-0.3, -0.25) is 0 Å². The molecule has 16 heavy (non-hydrogen) atoms. The van der Waals surface area contributed by atoms with Gasteiger partial charge in [0.25, 0.3) is 0 Å². The Balaban J connectivity index is 2.23. The SMILES string of the molecule is CC1(C)CN(c2ccccc2F)CCCN1. The van der Waals surface area contributed by atoms with Gasteiger partial charge in [-0.1, -0.05) is 12.1 Å². The maximum Gasteiger partial charge on any atom is 0.146 e. The lowest BCUT2D eigenvalue weighted by Crippen LogP contribution is -2.46. The molecule has 1 aromatic carbocycles. The molecule has 0 bridgehead atoms. The lowest BCUT2D eigenvalue weighted by Gasteiger charge is -2.31. The fraction of sp³-hybridized carbons (Fsp3) is 0.538. The zero-order chi connectivity index (χ0) is 11.6. The fourth-order valence-corrected chi connectivity index (χ4v) is 2.22. The predicted molar refractivity (Wildman–Crippen MR) is 65.3 cm³/mol. The minimum atomic E-state index is -0.125. The van der Waals surface area contributed by atoms with Crippen LogP contribution in [0.15, 0.2) is 24.3 Å². The van der Waals surface area contributed by atoms with Gasteiger partial charge in [0, 0.05) is 18.6 Å². The summed E-state index contributed by atoms with van der Waals surface area (Å²) in [5, 5.41) is 3.48. The maximum atomic E-state index is 13.7. The summed E-state index contributed by atoms with van der Waals surface area (Å²) in [5.74, 6) is -0.125. The summed E-state index contributed by atoms with van der Waals surface area (Å²) in [6, 6.07) is 7.02. The molecule has 2 nitrogen and oxygen atoms in total. The van der Waals surface area contributed by atoms with Crippen LogP contribution in [-0.2, 0) is 0 Å². The molecule has 1 fully saturated rings. The van der Waals surface area contributed by atoms with Crippen molar-refractivity contribution in [3.8, 4) is 0 Å². The first kappa shape index (κ1) is 11.4. The van der Waals surface area contributed by atoms with Crippen molar-refractivity contribution in [1.29, 1.82) is 0 Å². The highest BCUT2D eigenvalue weighted by Gasteiger charge is 2.25. The van der Waals surface area contributed by atoms with Crippen molar-refractivity contribution in [1.82, 2.24) is 5.32 Å². The molecule has 2 rings (SSSR count). The zero-order valence-corrected chi connectivity index (χ0v) is 9.96. The van der Waals surface area contributed by atoms with Gasteiger partial charge in [-0.05, 0) is 38.9 Å². The number of nitrogens with zero attached hydrogens (tertiary/aromatic N) is 1. The molecule has 1 aromatic rings. The van der Waals surface area contributed by atoms with Gasteiger partial charge < -0.3 is 10.2 Å². The monoisotopic (exact) mass is 222 g/mol. The highest BCUT2D eigenvalue weighted by Crippen LogP contribution is 2.22. The number of nitrogens with one attached hydrogen (secondary N) is 1.